The molecule has 0 aromatic heterocycles. The van der Waals surface area contributed by atoms with Crippen LogP contribution in [-0.4, -0.2) is 6.54 Å². The molecule has 1 unspecified atom stereocenters. The molecule has 0 bridgehead atoms. The van der Waals surface area contributed by atoms with Gasteiger partial charge in [-0.15, -0.1) is 0 Å². The maximum atomic E-state index is 13.9. The first-order valence-corrected chi connectivity index (χ1v) is 7.34. The third kappa shape index (κ3) is 3.08. The van der Waals surface area contributed by atoms with Gasteiger partial charge in [-0.2, -0.15) is 0 Å². The van der Waals surface area contributed by atoms with Crippen LogP contribution in [0.4, 0.5) is 15.8 Å². The van der Waals surface area contributed by atoms with Crippen LogP contribution in [0.2, 0.25) is 0 Å². The smallest absolute Gasteiger partial charge is 0.126 e. The van der Waals surface area contributed by atoms with E-state index in [0.29, 0.717) is 5.56 Å². The fraction of sp³-hybridized carbons (Fsp3) is 0.333. The van der Waals surface area contributed by atoms with Gasteiger partial charge in [0.1, 0.15) is 5.82 Å². The van der Waals surface area contributed by atoms with Gasteiger partial charge in [0, 0.05) is 24.0 Å². The second-order valence-electron chi connectivity index (χ2n) is 5.48. The maximum absolute atomic E-state index is 13.9. The van der Waals surface area contributed by atoms with E-state index in [1.165, 1.54) is 5.56 Å². The van der Waals surface area contributed by atoms with Crippen molar-refractivity contribution in [3.8, 4) is 0 Å². The van der Waals surface area contributed by atoms with Gasteiger partial charge in [-0.05, 0) is 62.6 Å². The predicted molar refractivity (Wildman–Crippen MR) is 87.6 cm³/mol. The number of hydrogen-bond acceptors (Lipinski definition) is 2. The van der Waals surface area contributed by atoms with Gasteiger partial charge in [-0.1, -0.05) is 18.2 Å². The van der Waals surface area contributed by atoms with Crippen LogP contribution in [0.1, 0.15) is 36.6 Å². The van der Waals surface area contributed by atoms with Gasteiger partial charge in [-0.25, -0.2) is 4.39 Å². The Balaban J connectivity index is 2.62. The first kappa shape index (κ1) is 15.5. The molecule has 0 radical (unpaired) electrons. The molecule has 0 saturated carbocycles. The SMILES string of the molecule is CCN(c1ccccc1C)c1cc(C)c(F)cc1C(C)N. The van der Waals surface area contributed by atoms with Gasteiger partial charge in [0.2, 0.25) is 0 Å². The maximum Gasteiger partial charge on any atom is 0.126 e. The van der Waals surface area contributed by atoms with Gasteiger partial charge in [-0.3, -0.25) is 0 Å². The summed E-state index contributed by atoms with van der Waals surface area (Å²) in [7, 11) is 0. The number of anilines is 2. The second kappa shape index (κ2) is 6.27. The Labute approximate surface area is 126 Å². The number of nitrogens with zero attached hydrogens (tertiary/aromatic N) is 1. The minimum absolute atomic E-state index is 0.202. The van der Waals surface area contributed by atoms with Crippen molar-refractivity contribution < 1.29 is 4.39 Å². The molecular formula is C18H23FN2. The Hall–Kier alpha value is -1.87. The highest BCUT2D eigenvalue weighted by atomic mass is 19.1. The summed E-state index contributed by atoms with van der Waals surface area (Å²) in [6, 6.07) is 11.5. The molecular weight excluding hydrogens is 263 g/mol. The van der Waals surface area contributed by atoms with Crippen molar-refractivity contribution in [1.29, 1.82) is 0 Å². The van der Waals surface area contributed by atoms with E-state index in [0.717, 1.165) is 23.5 Å². The molecule has 0 saturated heterocycles. The average molecular weight is 286 g/mol. The molecule has 3 heteroatoms. The van der Waals surface area contributed by atoms with Gasteiger partial charge < -0.3 is 10.6 Å². The lowest BCUT2D eigenvalue weighted by molar-refractivity contribution is 0.613. The lowest BCUT2D eigenvalue weighted by Crippen LogP contribution is -2.21. The molecule has 2 aromatic rings. The quantitative estimate of drug-likeness (QED) is 0.888. The summed E-state index contributed by atoms with van der Waals surface area (Å²) in [5.74, 6) is -0.202. The standard InChI is InChI=1S/C18H23FN2/c1-5-21(17-9-7-6-8-12(17)2)18-10-13(3)16(19)11-15(18)14(4)20/h6-11,14H,5,20H2,1-4H3. The van der Waals surface area contributed by atoms with Crippen molar-refractivity contribution in [2.75, 3.05) is 11.4 Å². The second-order valence-corrected chi connectivity index (χ2v) is 5.48. The number of nitrogens with two attached hydrogens (primary N) is 1. The Bertz CT molecular complexity index is 635. The molecule has 0 heterocycles. The Morgan fingerprint density at radius 2 is 1.76 bits per heavy atom. The monoisotopic (exact) mass is 286 g/mol. The molecule has 2 rings (SSSR count). The van der Waals surface area contributed by atoms with Crippen LogP contribution in [0.5, 0.6) is 0 Å². The third-order valence-electron chi connectivity index (χ3n) is 3.81. The largest absolute Gasteiger partial charge is 0.341 e. The van der Waals surface area contributed by atoms with Crippen LogP contribution >= 0.6 is 0 Å². The number of hydrogen-bond donors (Lipinski definition) is 1. The van der Waals surface area contributed by atoms with Crippen molar-refractivity contribution in [3.05, 3.63) is 58.9 Å². The minimum Gasteiger partial charge on any atom is -0.341 e. The minimum atomic E-state index is -0.215. The lowest BCUT2D eigenvalue weighted by atomic mass is 10.0. The highest BCUT2D eigenvalue weighted by Gasteiger charge is 2.17. The summed E-state index contributed by atoms with van der Waals surface area (Å²) in [5, 5.41) is 0. The van der Waals surface area contributed by atoms with E-state index in [2.05, 4.69) is 30.9 Å². The van der Waals surface area contributed by atoms with Crippen LogP contribution in [-0.2, 0) is 0 Å². The molecule has 112 valence electrons. The molecule has 0 aliphatic heterocycles. The summed E-state index contributed by atoms with van der Waals surface area (Å²) < 4.78 is 13.9. The van der Waals surface area contributed by atoms with Crippen molar-refractivity contribution in [2.24, 2.45) is 5.73 Å². The van der Waals surface area contributed by atoms with Crippen molar-refractivity contribution >= 4 is 11.4 Å². The van der Waals surface area contributed by atoms with Gasteiger partial charge in [0.15, 0.2) is 0 Å². The zero-order valence-corrected chi connectivity index (χ0v) is 13.2. The van der Waals surface area contributed by atoms with E-state index in [1.807, 2.05) is 25.1 Å². The summed E-state index contributed by atoms with van der Waals surface area (Å²) in [4.78, 5) is 2.19. The molecule has 21 heavy (non-hydrogen) atoms. The molecule has 0 amide bonds. The number of halogens is 1. The fourth-order valence-electron chi connectivity index (χ4n) is 2.62. The zero-order valence-electron chi connectivity index (χ0n) is 13.2. The van der Waals surface area contributed by atoms with Gasteiger partial charge in [0.25, 0.3) is 0 Å². The van der Waals surface area contributed by atoms with E-state index < -0.39 is 0 Å². The third-order valence-corrected chi connectivity index (χ3v) is 3.81. The molecule has 0 aliphatic rings. The topological polar surface area (TPSA) is 29.3 Å². The van der Waals surface area contributed by atoms with E-state index in [4.69, 9.17) is 5.73 Å². The number of benzene rings is 2. The van der Waals surface area contributed by atoms with Crippen molar-refractivity contribution in [1.82, 2.24) is 0 Å². The molecule has 0 spiro atoms. The first-order valence-electron chi connectivity index (χ1n) is 7.34. The van der Waals surface area contributed by atoms with Gasteiger partial charge >= 0.3 is 0 Å². The van der Waals surface area contributed by atoms with E-state index in [1.54, 1.807) is 13.0 Å². The molecule has 0 aliphatic carbocycles. The predicted octanol–water partition coefficient (Wildman–Crippen LogP) is 4.62. The van der Waals surface area contributed by atoms with E-state index in [-0.39, 0.29) is 11.9 Å². The Morgan fingerprint density at radius 3 is 2.33 bits per heavy atom. The summed E-state index contributed by atoms with van der Waals surface area (Å²) in [6.07, 6.45) is 0. The van der Waals surface area contributed by atoms with Crippen LogP contribution in [0, 0.1) is 19.7 Å². The summed E-state index contributed by atoms with van der Waals surface area (Å²) in [5.41, 5.74) is 10.8. The lowest BCUT2D eigenvalue weighted by Gasteiger charge is -2.29. The molecule has 2 N–H and O–H groups in total. The highest BCUT2D eigenvalue weighted by Crippen LogP contribution is 2.34. The Kier molecular flexibility index (Phi) is 4.63. The summed E-state index contributed by atoms with van der Waals surface area (Å²) in [6.45, 7) is 8.65. The molecule has 0 fully saturated rings. The average Bonchev–Trinajstić information content (AvgIpc) is 2.44. The molecule has 2 nitrogen and oxygen atoms in total. The first-order chi connectivity index (χ1) is 9.95. The van der Waals surface area contributed by atoms with E-state index >= 15 is 0 Å². The van der Waals surface area contributed by atoms with Crippen LogP contribution < -0.4 is 10.6 Å². The highest BCUT2D eigenvalue weighted by molar-refractivity contribution is 5.70. The molecule has 2 aromatic carbocycles. The number of aryl methyl sites for hydroxylation is 2. The van der Waals surface area contributed by atoms with Crippen LogP contribution in [0.15, 0.2) is 36.4 Å². The normalized spacial score (nSPS) is 12.3. The number of rotatable bonds is 4. The van der Waals surface area contributed by atoms with Gasteiger partial charge in [0.05, 0.1) is 0 Å². The molecule has 1 atom stereocenters. The van der Waals surface area contributed by atoms with Crippen LogP contribution in [0.25, 0.3) is 0 Å². The fourth-order valence-corrected chi connectivity index (χ4v) is 2.62. The zero-order chi connectivity index (χ0) is 15.6. The van der Waals surface area contributed by atoms with Crippen molar-refractivity contribution in [2.45, 2.75) is 33.7 Å². The van der Waals surface area contributed by atoms with E-state index in [9.17, 15) is 4.39 Å². The Morgan fingerprint density at radius 1 is 1.10 bits per heavy atom. The van der Waals surface area contributed by atoms with Crippen LogP contribution in [0.3, 0.4) is 0 Å². The van der Waals surface area contributed by atoms with Crippen molar-refractivity contribution in [3.63, 3.8) is 0 Å². The number of para-hydroxylation sites is 1. The summed E-state index contributed by atoms with van der Waals surface area (Å²) >= 11 is 0.